The van der Waals surface area contributed by atoms with Crippen molar-refractivity contribution in [2.75, 3.05) is 0 Å². The molecule has 6 nitrogen and oxygen atoms in total. The summed E-state index contributed by atoms with van der Waals surface area (Å²) >= 11 is 0. The summed E-state index contributed by atoms with van der Waals surface area (Å²) in [5.41, 5.74) is -1.69. The van der Waals surface area contributed by atoms with E-state index in [1.54, 1.807) is 20.8 Å². The van der Waals surface area contributed by atoms with E-state index in [2.05, 4.69) is 5.32 Å². The fourth-order valence-electron chi connectivity index (χ4n) is 2.44. The second-order valence-corrected chi connectivity index (χ2v) is 6.53. The highest BCUT2D eigenvalue weighted by Crippen LogP contribution is 2.31. The van der Waals surface area contributed by atoms with Crippen molar-refractivity contribution in [1.82, 2.24) is 5.32 Å². The van der Waals surface area contributed by atoms with Crippen LogP contribution < -0.4 is 5.32 Å². The number of carboxylic acid groups (broad SMARTS) is 1. The van der Waals surface area contributed by atoms with Crippen LogP contribution in [0.25, 0.3) is 0 Å². The Balaban J connectivity index is 2.60. The van der Waals surface area contributed by atoms with Crippen molar-refractivity contribution >= 4 is 12.1 Å². The average Bonchev–Trinajstić information content (AvgIpc) is 2.25. The number of hydrogen-bond donors (Lipinski definition) is 3. The second-order valence-electron chi connectivity index (χ2n) is 6.53. The Morgan fingerprint density at radius 3 is 2.25 bits per heavy atom. The van der Waals surface area contributed by atoms with Gasteiger partial charge in [0.1, 0.15) is 11.6 Å². The molecule has 3 N–H and O–H groups in total. The lowest BCUT2D eigenvalue weighted by Gasteiger charge is -2.34. The Bertz CT molecular complexity index is 355. The van der Waals surface area contributed by atoms with E-state index in [1.165, 1.54) is 0 Å². The number of carbonyl (C=O) groups is 2. The van der Waals surface area contributed by atoms with Gasteiger partial charge in [-0.15, -0.1) is 0 Å². The number of rotatable bonds is 4. The average molecular weight is 287 g/mol. The summed E-state index contributed by atoms with van der Waals surface area (Å²) in [6.45, 7) is 5.12. The molecule has 0 aromatic heterocycles. The fourth-order valence-corrected chi connectivity index (χ4v) is 2.44. The topological polar surface area (TPSA) is 95.9 Å². The third kappa shape index (κ3) is 5.77. The number of carboxylic acids is 1. The van der Waals surface area contributed by atoms with Gasteiger partial charge in [0.15, 0.2) is 0 Å². The molecule has 1 atom stereocenters. The molecule has 0 saturated heterocycles. The minimum atomic E-state index is -1.16. The van der Waals surface area contributed by atoms with Gasteiger partial charge in [-0.2, -0.15) is 0 Å². The van der Waals surface area contributed by atoms with Gasteiger partial charge in [-0.1, -0.05) is 19.3 Å². The van der Waals surface area contributed by atoms with Crippen LogP contribution in [0.3, 0.4) is 0 Å². The summed E-state index contributed by atoms with van der Waals surface area (Å²) in [5, 5.41) is 21.9. The van der Waals surface area contributed by atoms with E-state index in [0.717, 1.165) is 19.3 Å². The Labute approximate surface area is 119 Å². The summed E-state index contributed by atoms with van der Waals surface area (Å²) in [6.07, 6.45) is 3.22. The zero-order chi connectivity index (χ0) is 15.4. The third-order valence-electron chi connectivity index (χ3n) is 3.36. The fraction of sp³-hybridized carbons (Fsp3) is 0.857. The van der Waals surface area contributed by atoms with Crippen LogP contribution in [0.1, 0.15) is 59.3 Å². The molecule has 0 spiro atoms. The minimum Gasteiger partial charge on any atom is -0.480 e. The van der Waals surface area contributed by atoms with Gasteiger partial charge in [-0.25, -0.2) is 9.59 Å². The van der Waals surface area contributed by atoms with Crippen molar-refractivity contribution in [2.24, 2.45) is 0 Å². The standard InChI is InChI=1S/C14H25NO5/c1-13(2,3)20-12(18)15-10(11(16)17)9-14(19)7-5-4-6-8-14/h10,19H,4-9H2,1-3H3,(H,15,18)(H,16,17). The number of hydrogen-bond acceptors (Lipinski definition) is 4. The maximum Gasteiger partial charge on any atom is 0.408 e. The predicted molar refractivity (Wildman–Crippen MR) is 73.4 cm³/mol. The van der Waals surface area contributed by atoms with Crippen LogP contribution >= 0.6 is 0 Å². The van der Waals surface area contributed by atoms with E-state index in [4.69, 9.17) is 4.74 Å². The number of amides is 1. The molecule has 1 amide bonds. The first-order valence-corrected chi connectivity index (χ1v) is 7.06. The van der Waals surface area contributed by atoms with Gasteiger partial charge in [0, 0.05) is 6.42 Å². The van der Waals surface area contributed by atoms with Crippen LogP contribution in [0.4, 0.5) is 4.79 Å². The molecule has 116 valence electrons. The van der Waals surface area contributed by atoms with Crippen molar-refractivity contribution in [2.45, 2.75) is 76.5 Å². The van der Waals surface area contributed by atoms with Crippen molar-refractivity contribution in [1.29, 1.82) is 0 Å². The van der Waals surface area contributed by atoms with Crippen molar-refractivity contribution in [3.8, 4) is 0 Å². The number of ether oxygens (including phenoxy) is 1. The minimum absolute atomic E-state index is 0.0155. The van der Waals surface area contributed by atoms with Crippen LogP contribution in [-0.4, -0.2) is 39.5 Å². The number of aliphatic carboxylic acids is 1. The molecular weight excluding hydrogens is 262 g/mol. The number of carbonyl (C=O) groups excluding carboxylic acids is 1. The molecule has 6 heteroatoms. The van der Waals surface area contributed by atoms with Crippen LogP contribution in [0, 0.1) is 0 Å². The zero-order valence-electron chi connectivity index (χ0n) is 12.4. The van der Waals surface area contributed by atoms with Crippen LogP contribution in [0.15, 0.2) is 0 Å². The molecule has 20 heavy (non-hydrogen) atoms. The van der Waals surface area contributed by atoms with Crippen molar-refractivity contribution in [3.63, 3.8) is 0 Å². The number of aliphatic hydroxyl groups is 1. The lowest BCUT2D eigenvalue weighted by molar-refractivity contribution is -0.142. The molecule has 0 aromatic carbocycles. The summed E-state index contributed by atoms with van der Waals surface area (Å²) < 4.78 is 5.05. The first-order valence-electron chi connectivity index (χ1n) is 7.06. The molecule has 0 aromatic rings. The summed E-state index contributed by atoms with van der Waals surface area (Å²) in [6, 6.07) is -1.13. The Morgan fingerprint density at radius 1 is 1.25 bits per heavy atom. The lowest BCUT2D eigenvalue weighted by Crippen LogP contribution is -2.48. The molecule has 0 heterocycles. The first-order chi connectivity index (χ1) is 9.11. The van der Waals surface area contributed by atoms with E-state index in [9.17, 15) is 19.8 Å². The van der Waals surface area contributed by atoms with Crippen molar-refractivity contribution in [3.05, 3.63) is 0 Å². The van der Waals surface area contributed by atoms with Gasteiger partial charge in [0.2, 0.25) is 0 Å². The number of alkyl carbamates (subject to hydrolysis) is 1. The molecular formula is C14H25NO5. The van der Waals surface area contributed by atoms with Gasteiger partial charge in [0.05, 0.1) is 5.60 Å². The summed E-state index contributed by atoms with van der Waals surface area (Å²) in [4.78, 5) is 22.9. The maximum absolute atomic E-state index is 11.6. The number of nitrogens with one attached hydrogen (secondary N) is 1. The quantitative estimate of drug-likeness (QED) is 0.735. The molecule has 0 aliphatic heterocycles. The molecule has 1 aliphatic rings. The maximum atomic E-state index is 11.6. The Hall–Kier alpha value is -1.30. The molecule has 1 saturated carbocycles. The van der Waals surface area contributed by atoms with Gasteiger partial charge in [0.25, 0.3) is 0 Å². The van der Waals surface area contributed by atoms with Crippen LogP contribution in [-0.2, 0) is 9.53 Å². The Kier molecular flexibility index (Phi) is 5.39. The molecule has 1 rings (SSSR count). The largest absolute Gasteiger partial charge is 0.480 e. The first kappa shape index (κ1) is 16.8. The van der Waals surface area contributed by atoms with Crippen molar-refractivity contribution < 1.29 is 24.5 Å². The van der Waals surface area contributed by atoms with E-state index < -0.39 is 29.3 Å². The highest BCUT2D eigenvalue weighted by molar-refractivity contribution is 5.80. The SMILES string of the molecule is CC(C)(C)OC(=O)NC(CC1(O)CCCCC1)C(=O)O. The molecule has 0 radical (unpaired) electrons. The molecule has 0 bridgehead atoms. The highest BCUT2D eigenvalue weighted by Gasteiger charge is 2.36. The predicted octanol–water partition coefficient (Wildman–Crippen LogP) is 2.05. The lowest BCUT2D eigenvalue weighted by atomic mass is 9.80. The third-order valence-corrected chi connectivity index (χ3v) is 3.36. The summed E-state index contributed by atoms with van der Waals surface area (Å²) in [7, 11) is 0. The van der Waals surface area contributed by atoms with E-state index in [1.807, 2.05) is 0 Å². The van der Waals surface area contributed by atoms with E-state index in [0.29, 0.717) is 12.8 Å². The van der Waals surface area contributed by atoms with Crippen LogP contribution in [0.2, 0.25) is 0 Å². The monoisotopic (exact) mass is 287 g/mol. The molecule has 1 aliphatic carbocycles. The zero-order valence-corrected chi connectivity index (χ0v) is 12.4. The summed E-state index contributed by atoms with van der Waals surface area (Å²) in [5.74, 6) is -1.16. The molecule has 1 fully saturated rings. The normalized spacial score (nSPS) is 20.0. The Morgan fingerprint density at radius 2 is 1.80 bits per heavy atom. The van der Waals surface area contributed by atoms with Crippen LogP contribution in [0.5, 0.6) is 0 Å². The molecule has 1 unspecified atom stereocenters. The highest BCUT2D eigenvalue weighted by atomic mass is 16.6. The van der Waals surface area contributed by atoms with Gasteiger partial charge < -0.3 is 20.3 Å². The van der Waals surface area contributed by atoms with E-state index in [-0.39, 0.29) is 6.42 Å². The smallest absolute Gasteiger partial charge is 0.408 e. The van der Waals surface area contributed by atoms with Gasteiger partial charge in [-0.05, 0) is 33.6 Å². The van der Waals surface area contributed by atoms with Gasteiger partial charge >= 0.3 is 12.1 Å². The second kappa shape index (κ2) is 6.43. The van der Waals surface area contributed by atoms with E-state index >= 15 is 0 Å². The van der Waals surface area contributed by atoms with Gasteiger partial charge in [-0.3, -0.25) is 0 Å².